The van der Waals surface area contributed by atoms with Crippen molar-refractivity contribution in [3.63, 3.8) is 0 Å². The first kappa shape index (κ1) is 69.8. The molecule has 0 bridgehead atoms. The number of allylic oxidation sites excluding steroid dienone is 12. The predicted octanol–water partition coefficient (Wildman–Crippen LogP) is 21.3. The van der Waals surface area contributed by atoms with Crippen LogP contribution in [0.2, 0.25) is 0 Å². The number of hydrogen-bond acceptors (Lipinski definition) is 6. The summed E-state index contributed by atoms with van der Waals surface area (Å²) in [6, 6.07) is 0. The molecule has 0 rings (SSSR count). The number of rotatable bonds is 57. The van der Waals surface area contributed by atoms with Gasteiger partial charge in [0, 0.05) is 19.3 Å². The van der Waals surface area contributed by atoms with Crippen LogP contribution >= 0.6 is 0 Å². The van der Waals surface area contributed by atoms with Gasteiger partial charge in [-0.1, -0.05) is 254 Å². The Morgan fingerprint density at radius 2 is 0.493 bits per heavy atom. The molecule has 6 heteroatoms. The number of ether oxygens (including phenoxy) is 3. The molecule has 0 aliphatic carbocycles. The fraction of sp³-hybridized carbons (Fsp3) is 0.776. The summed E-state index contributed by atoms with van der Waals surface area (Å²) in [5, 5.41) is 0. The molecular weight excluding hydrogens is 901 g/mol. The molecule has 0 fully saturated rings. The zero-order chi connectivity index (χ0) is 52.9. The van der Waals surface area contributed by atoms with Gasteiger partial charge in [-0.05, 0) is 116 Å². The van der Waals surface area contributed by atoms with Gasteiger partial charge >= 0.3 is 17.9 Å². The predicted molar refractivity (Wildman–Crippen MR) is 316 cm³/mol. The van der Waals surface area contributed by atoms with Gasteiger partial charge in [0.1, 0.15) is 13.2 Å². The first-order chi connectivity index (χ1) is 36.0. The molecule has 0 radical (unpaired) electrons. The fourth-order valence-corrected chi connectivity index (χ4v) is 8.89. The Kier molecular flexibility index (Phi) is 58.7. The SMILES string of the molecule is CCCCC/C=C\C/C=C\CCCCCCCCCCCC(=O)OC[C@H](COC(=O)CCCCCCCCC/C=C\C/C=C\CCCCC)OC(=O)CCCCCCCCCCC/C=C\C/C=C\CCCCC. The number of esters is 3. The molecule has 0 aromatic rings. The van der Waals surface area contributed by atoms with Gasteiger partial charge in [0.2, 0.25) is 0 Å². The van der Waals surface area contributed by atoms with Crippen molar-refractivity contribution in [2.24, 2.45) is 0 Å². The lowest BCUT2D eigenvalue weighted by atomic mass is 10.1. The van der Waals surface area contributed by atoms with Crippen LogP contribution in [0.15, 0.2) is 72.9 Å². The van der Waals surface area contributed by atoms with Gasteiger partial charge < -0.3 is 14.2 Å². The van der Waals surface area contributed by atoms with E-state index in [1.165, 1.54) is 193 Å². The van der Waals surface area contributed by atoms with Crippen LogP contribution < -0.4 is 0 Å². The lowest BCUT2D eigenvalue weighted by Crippen LogP contribution is -2.30. The van der Waals surface area contributed by atoms with Gasteiger partial charge in [0.15, 0.2) is 6.10 Å². The average Bonchev–Trinajstić information content (AvgIpc) is 3.39. The van der Waals surface area contributed by atoms with Crippen molar-refractivity contribution in [1.82, 2.24) is 0 Å². The maximum Gasteiger partial charge on any atom is 0.306 e. The van der Waals surface area contributed by atoms with Crippen molar-refractivity contribution in [3.05, 3.63) is 72.9 Å². The average molecular weight is 1020 g/mol. The maximum absolute atomic E-state index is 12.9. The highest BCUT2D eigenvalue weighted by molar-refractivity contribution is 5.71. The van der Waals surface area contributed by atoms with E-state index >= 15 is 0 Å². The minimum atomic E-state index is -0.784. The van der Waals surface area contributed by atoms with Crippen molar-refractivity contribution < 1.29 is 28.6 Å². The molecule has 0 aliphatic rings. The van der Waals surface area contributed by atoms with Crippen LogP contribution in [0.4, 0.5) is 0 Å². The van der Waals surface area contributed by atoms with E-state index in [1.807, 2.05) is 0 Å². The molecule has 73 heavy (non-hydrogen) atoms. The van der Waals surface area contributed by atoms with Gasteiger partial charge in [0.25, 0.3) is 0 Å². The Bertz CT molecular complexity index is 1360. The smallest absolute Gasteiger partial charge is 0.306 e. The number of unbranched alkanes of at least 4 members (excludes halogenated alkanes) is 34. The Morgan fingerprint density at radius 3 is 0.753 bits per heavy atom. The monoisotopic (exact) mass is 1020 g/mol. The number of carbonyl (C=O) groups is 3. The molecule has 0 saturated heterocycles. The minimum absolute atomic E-state index is 0.0807. The summed E-state index contributed by atoms with van der Waals surface area (Å²) < 4.78 is 16.9. The molecule has 0 spiro atoms. The summed E-state index contributed by atoms with van der Waals surface area (Å²) in [5.74, 6) is -0.883. The maximum atomic E-state index is 12.9. The third-order valence-corrected chi connectivity index (χ3v) is 13.7. The standard InChI is InChI=1S/C67H118O6/c1-4-7-10-13-16-19-22-25-28-31-33-36-39-42-45-48-51-54-57-60-66(69)72-63-64(62-71-65(68)59-56-53-50-47-44-41-38-35-30-27-24-21-18-15-12-9-6-3)73-67(70)61-58-55-52-49-46-43-40-37-34-32-29-26-23-20-17-14-11-8-5-2/h16-21,25-30,64H,4-15,22-24,31-63H2,1-3H3/b19-16-,20-17-,21-18-,28-25-,29-26-,30-27-/t64-/m0/s1. The molecule has 0 amide bonds. The zero-order valence-electron chi connectivity index (χ0n) is 48.4. The van der Waals surface area contributed by atoms with Gasteiger partial charge in [0.05, 0.1) is 0 Å². The third-order valence-electron chi connectivity index (χ3n) is 13.7. The summed E-state index contributed by atoms with van der Waals surface area (Å²) in [5.41, 5.74) is 0. The van der Waals surface area contributed by atoms with Gasteiger partial charge in [-0.25, -0.2) is 0 Å². The molecule has 1 atom stereocenters. The van der Waals surface area contributed by atoms with Crippen LogP contribution in [0.1, 0.15) is 316 Å². The quantitative estimate of drug-likeness (QED) is 0.0261. The van der Waals surface area contributed by atoms with E-state index in [2.05, 4.69) is 93.7 Å². The van der Waals surface area contributed by atoms with E-state index in [-0.39, 0.29) is 31.1 Å². The van der Waals surface area contributed by atoms with Crippen molar-refractivity contribution in [2.75, 3.05) is 13.2 Å². The number of carbonyl (C=O) groups excluding carboxylic acids is 3. The Labute approximate surface area is 453 Å². The summed E-state index contributed by atoms with van der Waals surface area (Å²) >= 11 is 0. The largest absolute Gasteiger partial charge is 0.462 e. The van der Waals surface area contributed by atoms with Gasteiger partial charge in [-0.15, -0.1) is 0 Å². The molecule has 0 aromatic heterocycles. The van der Waals surface area contributed by atoms with Crippen molar-refractivity contribution in [1.29, 1.82) is 0 Å². The lowest BCUT2D eigenvalue weighted by molar-refractivity contribution is -0.167. The van der Waals surface area contributed by atoms with Crippen LogP contribution in [0, 0.1) is 0 Å². The normalized spacial score (nSPS) is 12.5. The second-order valence-corrected chi connectivity index (χ2v) is 21.0. The summed E-state index contributed by atoms with van der Waals surface area (Å²) in [6.07, 6.45) is 78.9. The molecule has 0 aromatic carbocycles. The van der Waals surface area contributed by atoms with Crippen LogP contribution in [0.3, 0.4) is 0 Å². The molecule has 0 N–H and O–H groups in total. The summed E-state index contributed by atoms with van der Waals surface area (Å²) in [7, 11) is 0. The molecule has 6 nitrogen and oxygen atoms in total. The molecule has 0 aliphatic heterocycles. The lowest BCUT2D eigenvalue weighted by Gasteiger charge is -2.18. The van der Waals surface area contributed by atoms with E-state index < -0.39 is 6.10 Å². The molecule has 0 unspecified atom stereocenters. The van der Waals surface area contributed by atoms with Crippen LogP contribution in [-0.2, 0) is 28.6 Å². The van der Waals surface area contributed by atoms with Crippen LogP contribution in [0.5, 0.6) is 0 Å². The highest BCUT2D eigenvalue weighted by Gasteiger charge is 2.19. The van der Waals surface area contributed by atoms with Crippen molar-refractivity contribution >= 4 is 17.9 Å². The summed E-state index contributed by atoms with van der Waals surface area (Å²) in [6.45, 7) is 6.59. The minimum Gasteiger partial charge on any atom is -0.462 e. The van der Waals surface area contributed by atoms with E-state index in [0.717, 1.165) is 83.5 Å². The fourth-order valence-electron chi connectivity index (χ4n) is 8.89. The van der Waals surface area contributed by atoms with Gasteiger partial charge in [-0.2, -0.15) is 0 Å². The molecule has 422 valence electrons. The van der Waals surface area contributed by atoms with E-state index in [1.54, 1.807) is 0 Å². The highest BCUT2D eigenvalue weighted by Crippen LogP contribution is 2.16. The first-order valence-electron chi connectivity index (χ1n) is 31.4. The van der Waals surface area contributed by atoms with E-state index in [0.29, 0.717) is 19.3 Å². The first-order valence-corrected chi connectivity index (χ1v) is 31.4. The molecule has 0 heterocycles. The van der Waals surface area contributed by atoms with Crippen molar-refractivity contribution in [2.45, 2.75) is 322 Å². The van der Waals surface area contributed by atoms with Crippen molar-refractivity contribution in [3.8, 4) is 0 Å². The Balaban J connectivity index is 4.39. The topological polar surface area (TPSA) is 78.9 Å². The Morgan fingerprint density at radius 1 is 0.274 bits per heavy atom. The van der Waals surface area contributed by atoms with E-state index in [9.17, 15) is 14.4 Å². The zero-order valence-corrected chi connectivity index (χ0v) is 48.4. The second-order valence-electron chi connectivity index (χ2n) is 21.0. The second kappa shape index (κ2) is 61.4. The van der Waals surface area contributed by atoms with Crippen LogP contribution in [-0.4, -0.2) is 37.2 Å². The Hall–Kier alpha value is -3.15. The molecular formula is C67H118O6. The van der Waals surface area contributed by atoms with E-state index in [4.69, 9.17) is 14.2 Å². The summed E-state index contributed by atoms with van der Waals surface area (Å²) in [4.78, 5) is 38.3. The van der Waals surface area contributed by atoms with Crippen LogP contribution in [0.25, 0.3) is 0 Å². The molecule has 0 saturated carbocycles. The van der Waals surface area contributed by atoms with Gasteiger partial charge in [-0.3, -0.25) is 14.4 Å². The number of hydrogen-bond donors (Lipinski definition) is 0. The highest BCUT2D eigenvalue weighted by atomic mass is 16.6. The third kappa shape index (κ3) is 59.6.